The number of esters is 1. The Hall–Kier alpha value is -3.29. The van der Waals surface area contributed by atoms with Gasteiger partial charge in [0, 0.05) is 13.0 Å². The first-order valence-electron chi connectivity index (χ1n) is 11.2. The standard InChI is InChI=1S/C25H28N4O4S2/c1-4-6-10-22-28-24(34-3)23(25(30)33-5-2)29(22)16-18-8-7-9-20(15-18)19-11-13-21(14-12-19)35(31,32)27-17-26/h7-9,11-15,27H,4-6,10,16H2,1-3H3. The smallest absolute Gasteiger partial charge is 0.357 e. The molecule has 3 aromatic rings. The zero-order chi connectivity index (χ0) is 25.4. The highest BCUT2D eigenvalue weighted by Crippen LogP contribution is 2.27. The lowest BCUT2D eigenvalue weighted by atomic mass is 10.0. The summed E-state index contributed by atoms with van der Waals surface area (Å²) in [5, 5.41) is 9.30. The molecule has 0 saturated heterocycles. The maximum absolute atomic E-state index is 12.8. The fourth-order valence-electron chi connectivity index (χ4n) is 3.69. The van der Waals surface area contributed by atoms with Gasteiger partial charge in [-0.25, -0.2) is 22.9 Å². The lowest BCUT2D eigenvalue weighted by Gasteiger charge is -2.13. The van der Waals surface area contributed by atoms with E-state index in [0.29, 0.717) is 17.3 Å². The van der Waals surface area contributed by atoms with Crippen LogP contribution in [0.2, 0.25) is 0 Å². The number of unbranched alkanes of at least 4 members (excludes halogenated alkanes) is 1. The van der Waals surface area contributed by atoms with E-state index in [1.807, 2.05) is 39.8 Å². The molecule has 0 bridgehead atoms. The zero-order valence-corrected chi connectivity index (χ0v) is 21.6. The zero-order valence-electron chi connectivity index (χ0n) is 19.9. The Morgan fingerprint density at radius 1 is 1.17 bits per heavy atom. The number of thioether (sulfide) groups is 1. The van der Waals surface area contributed by atoms with Crippen LogP contribution in [0.3, 0.4) is 0 Å². The molecular weight excluding hydrogens is 484 g/mol. The van der Waals surface area contributed by atoms with Gasteiger partial charge in [0.1, 0.15) is 10.9 Å². The molecule has 8 nitrogen and oxygen atoms in total. The monoisotopic (exact) mass is 512 g/mol. The van der Waals surface area contributed by atoms with Crippen molar-refractivity contribution in [2.75, 3.05) is 12.9 Å². The number of sulfonamides is 1. The van der Waals surface area contributed by atoms with Crippen molar-refractivity contribution in [3.05, 3.63) is 65.6 Å². The van der Waals surface area contributed by atoms with Crippen LogP contribution in [0.4, 0.5) is 0 Å². The molecule has 0 aliphatic heterocycles. The highest BCUT2D eigenvalue weighted by molar-refractivity contribution is 7.98. The van der Waals surface area contributed by atoms with Crippen LogP contribution in [0.1, 0.15) is 48.6 Å². The second kappa shape index (κ2) is 11.9. The summed E-state index contributed by atoms with van der Waals surface area (Å²) in [6.45, 7) is 4.64. The Bertz CT molecular complexity index is 1330. The summed E-state index contributed by atoms with van der Waals surface area (Å²) >= 11 is 1.43. The van der Waals surface area contributed by atoms with Crippen LogP contribution in [0.25, 0.3) is 11.1 Å². The van der Waals surface area contributed by atoms with Gasteiger partial charge in [0.2, 0.25) is 0 Å². The first kappa shape index (κ1) is 26.3. The first-order chi connectivity index (χ1) is 16.8. The van der Waals surface area contributed by atoms with Crippen molar-refractivity contribution < 1.29 is 17.9 Å². The number of rotatable bonds is 11. The third kappa shape index (κ3) is 6.24. The molecule has 10 heteroatoms. The number of nitriles is 1. The molecule has 0 radical (unpaired) electrons. The number of hydrogen-bond acceptors (Lipinski definition) is 7. The maximum Gasteiger partial charge on any atom is 0.357 e. The fraction of sp³-hybridized carbons (Fsp3) is 0.320. The highest BCUT2D eigenvalue weighted by Gasteiger charge is 2.24. The number of nitrogens with zero attached hydrogens (tertiary/aromatic N) is 3. The summed E-state index contributed by atoms with van der Waals surface area (Å²) in [6.07, 6.45) is 6.08. The number of hydrogen-bond donors (Lipinski definition) is 1. The lowest BCUT2D eigenvalue weighted by molar-refractivity contribution is 0.0509. The topological polar surface area (TPSA) is 114 Å². The fourth-order valence-corrected chi connectivity index (χ4v) is 5.00. The largest absolute Gasteiger partial charge is 0.461 e. The Labute approximate surface area is 210 Å². The van der Waals surface area contributed by atoms with Crippen molar-refractivity contribution >= 4 is 27.8 Å². The Morgan fingerprint density at radius 3 is 2.54 bits per heavy atom. The van der Waals surface area contributed by atoms with Crippen LogP contribution >= 0.6 is 11.8 Å². The van der Waals surface area contributed by atoms with Crippen LogP contribution < -0.4 is 4.72 Å². The average Bonchev–Trinajstić information content (AvgIpc) is 3.20. The molecule has 0 unspecified atom stereocenters. The number of carbonyl (C=O) groups excluding carboxylic acids is 1. The van der Waals surface area contributed by atoms with E-state index in [9.17, 15) is 13.2 Å². The molecule has 1 aromatic heterocycles. The van der Waals surface area contributed by atoms with Gasteiger partial charge < -0.3 is 9.30 Å². The van der Waals surface area contributed by atoms with E-state index < -0.39 is 10.0 Å². The van der Waals surface area contributed by atoms with Crippen molar-refractivity contribution in [3.63, 3.8) is 0 Å². The minimum Gasteiger partial charge on any atom is -0.461 e. The van der Waals surface area contributed by atoms with E-state index >= 15 is 0 Å². The van der Waals surface area contributed by atoms with Crippen molar-refractivity contribution in [2.24, 2.45) is 0 Å². The maximum atomic E-state index is 12.8. The molecule has 184 valence electrons. The van der Waals surface area contributed by atoms with Gasteiger partial charge in [-0.1, -0.05) is 43.7 Å². The van der Waals surface area contributed by atoms with Crippen LogP contribution in [-0.2, 0) is 27.7 Å². The number of ether oxygens (including phenoxy) is 1. The predicted octanol–water partition coefficient (Wildman–Crippen LogP) is 4.60. The van der Waals surface area contributed by atoms with E-state index in [0.717, 1.165) is 41.8 Å². The molecule has 1 N–H and O–H groups in total. The molecule has 2 aromatic carbocycles. The summed E-state index contributed by atoms with van der Waals surface area (Å²) in [5.41, 5.74) is 3.17. The molecule has 0 aliphatic carbocycles. The van der Waals surface area contributed by atoms with Crippen molar-refractivity contribution in [1.82, 2.24) is 14.3 Å². The van der Waals surface area contributed by atoms with Gasteiger partial charge in [-0.3, -0.25) is 0 Å². The molecule has 1 heterocycles. The van der Waals surface area contributed by atoms with Crippen molar-refractivity contribution in [2.45, 2.75) is 49.6 Å². The number of aromatic nitrogens is 2. The van der Waals surface area contributed by atoms with Gasteiger partial charge in [-0.2, -0.15) is 5.26 Å². The normalized spacial score (nSPS) is 11.1. The number of nitrogens with one attached hydrogen (secondary N) is 1. The first-order valence-corrected chi connectivity index (χ1v) is 14.0. The summed E-state index contributed by atoms with van der Waals surface area (Å²) < 4.78 is 33.1. The number of benzene rings is 2. The second-order valence-electron chi connectivity index (χ2n) is 7.74. The lowest BCUT2D eigenvalue weighted by Crippen LogP contribution is -2.17. The molecular formula is C25H28N4O4S2. The molecule has 0 spiro atoms. The number of aryl methyl sites for hydroxylation is 1. The summed E-state index contributed by atoms with van der Waals surface area (Å²) in [7, 11) is -3.86. The van der Waals surface area contributed by atoms with Gasteiger partial charge >= 0.3 is 5.97 Å². The van der Waals surface area contributed by atoms with E-state index in [2.05, 4.69) is 6.92 Å². The van der Waals surface area contributed by atoms with Gasteiger partial charge in [-0.05, 0) is 54.5 Å². The summed E-state index contributed by atoms with van der Waals surface area (Å²) in [4.78, 5) is 17.5. The molecule has 3 rings (SSSR count). The third-order valence-electron chi connectivity index (χ3n) is 5.38. The van der Waals surface area contributed by atoms with E-state index in [1.165, 1.54) is 30.1 Å². The molecule has 0 atom stereocenters. The Kier molecular flexibility index (Phi) is 8.95. The molecule has 0 saturated carbocycles. The average molecular weight is 513 g/mol. The van der Waals surface area contributed by atoms with E-state index in [4.69, 9.17) is 15.0 Å². The predicted molar refractivity (Wildman–Crippen MR) is 135 cm³/mol. The summed E-state index contributed by atoms with van der Waals surface area (Å²) in [6, 6.07) is 14.2. The molecule has 0 amide bonds. The minimum absolute atomic E-state index is 0.0154. The van der Waals surface area contributed by atoms with Gasteiger partial charge in [-0.15, -0.1) is 11.8 Å². The van der Waals surface area contributed by atoms with Crippen LogP contribution in [-0.4, -0.2) is 36.8 Å². The highest BCUT2D eigenvalue weighted by atomic mass is 32.2. The quantitative estimate of drug-likeness (QED) is 0.173. The van der Waals surface area contributed by atoms with E-state index in [-0.39, 0.29) is 17.5 Å². The van der Waals surface area contributed by atoms with E-state index in [1.54, 1.807) is 19.1 Å². The molecule has 35 heavy (non-hydrogen) atoms. The summed E-state index contributed by atoms with van der Waals surface area (Å²) in [5.74, 6) is 0.468. The molecule has 0 aliphatic rings. The second-order valence-corrected chi connectivity index (χ2v) is 10.2. The van der Waals surface area contributed by atoms with Gasteiger partial charge in [0.25, 0.3) is 10.0 Å². The Morgan fingerprint density at radius 2 is 1.91 bits per heavy atom. The number of carbonyl (C=O) groups is 1. The number of imidazole rings is 1. The third-order valence-corrected chi connectivity index (χ3v) is 7.30. The minimum atomic E-state index is -3.86. The Balaban J connectivity index is 1.97. The van der Waals surface area contributed by atoms with Crippen molar-refractivity contribution in [1.29, 1.82) is 5.26 Å². The van der Waals surface area contributed by atoms with Gasteiger partial charge in [0.05, 0.1) is 11.5 Å². The van der Waals surface area contributed by atoms with Crippen molar-refractivity contribution in [3.8, 4) is 17.3 Å². The van der Waals surface area contributed by atoms with Crippen LogP contribution in [0, 0.1) is 11.5 Å². The van der Waals surface area contributed by atoms with Crippen LogP contribution in [0.5, 0.6) is 0 Å². The SMILES string of the molecule is CCCCc1nc(SC)c(C(=O)OCC)n1Cc1cccc(-c2ccc(S(=O)(=O)NC#N)cc2)c1. The van der Waals surface area contributed by atoms with Gasteiger partial charge in [0.15, 0.2) is 11.9 Å². The molecule has 0 fully saturated rings. The van der Waals surface area contributed by atoms with Crippen LogP contribution in [0.15, 0.2) is 58.5 Å².